The molecule has 1 N–H and O–H groups in total. The van der Waals surface area contributed by atoms with E-state index in [2.05, 4.69) is 44.3 Å². The highest BCUT2D eigenvalue weighted by atomic mass is 79.9. The van der Waals surface area contributed by atoms with Crippen molar-refractivity contribution < 1.29 is 4.79 Å². The van der Waals surface area contributed by atoms with Crippen molar-refractivity contribution in [2.75, 3.05) is 19.6 Å². The molecule has 4 unspecified atom stereocenters. The van der Waals surface area contributed by atoms with Crippen LogP contribution in [0.25, 0.3) is 11.3 Å². The fraction of sp³-hybridized carbons (Fsp3) is 0.370. The lowest BCUT2D eigenvalue weighted by molar-refractivity contribution is 0.0290. The van der Waals surface area contributed by atoms with Crippen LogP contribution in [0.3, 0.4) is 0 Å². The Morgan fingerprint density at radius 2 is 1.91 bits per heavy atom. The number of halogens is 1. The van der Waals surface area contributed by atoms with E-state index in [0.29, 0.717) is 24.4 Å². The van der Waals surface area contributed by atoms with Crippen molar-refractivity contribution in [2.24, 2.45) is 5.92 Å². The summed E-state index contributed by atoms with van der Waals surface area (Å²) in [4.78, 5) is 24.7. The summed E-state index contributed by atoms with van der Waals surface area (Å²) in [6.45, 7) is 6.79. The second-order valence-electron chi connectivity index (χ2n) is 9.32. The number of hydrogen-bond donors (Lipinski definition) is 1. The molecule has 1 aromatic heterocycles. The Hall–Kier alpha value is -2.57. The van der Waals surface area contributed by atoms with Crippen molar-refractivity contribution in [1.82, 2.24) is 20.2 Å². The summed E-state index contributed by atoms with van der Waals surface area (Å²) >= 11 is 3.66. The molecular formula is C27H29BrN4O. The van der Waals surface area contributed by atoms with Gasteiger partial charge in [-0.1, -0.05) is 51.8 Å². The minimum Gasteiger partial charge on any atom is -0.350 e. The molecule has 6 rings (SSSR count). The number of hydrogen-bond acceptors (Lipinski definition) is 4. The van der Waals surface area contributed by atoms with Gasteiger partial charge in [0.1, 0.15) is 5.82 Å². The molecule has 3 aliphatic heterocycles. The molecule has 0 aliphatic carbocycles. The van der Waals surface area contributed by atoms with Crippen LogP contribution in [-0.2, 0) is 0 Å². The number of rotatable bonds is 5. The maximum absolute atomic E-state index is 12.6. The summed E-state index contributed by atoms with van der Waals surface area (Å²) in [5.74, 6) is 1.82. The monoisotopic (exact) mass is 504 g/mol. The zero-order valence-corrected chi connectivity index (χ0v) is 20.7. The molecule has 2 aromatic carbocycles. The van der Waals surface area contributed by atoms with Crippen LogP contribution >= 0.6 is 15.9 Å². The van der Waals surface area contributed by atoms with Gasteiger partial charge >= 0.3 is 0 Å². The van der Waals surface area contributed by atoms with Gasteiger partial charge in [0.15, 0.2) is 0 Å². The van der Waals surface area contributed by atoms with Crippen molar-refractivity contribution in [3.8, 4) is 11.3 Å². The van der Waals surface area contributed by atoms with E-state index in [1.54, 1.807) is 0 Å². The van der Waals surface area contributed by atoms with Crippen LogP contribution < -0.4 is 5.32 Å². The Morgan fingerprint density at radius 1 is 1.12 bits per heavy atom. The van der Waals surface area contributed by atoms with Gasteiger partial charge < -0.3 is 5.32 Å². The third-order valence-electron chi connectivity index (χ3n) is 7.08. The van der Waals surface area contributed by atoms with Crippen molar-refractivity contribution >= 4 is 21.8 Å². The summed E-state index contributed by atoms with van der Waals surface area (Å²) in [7, 11) is 0. The SMILES string of the molecule is Cc1ccc(C(=O)NCC2CC3CCN2CC3c2cc(-c3ccccc3Br)nc(C)n2)cc1. The molecule has 33 heavy (non-hydrogen) atoms. The average molecular weight is 505 g/mol. The van der Waals surface area contributed by atoms with Gasteiger partial charge in [0.2, 0.25) is 0 Å². The third-order valence-corrected chi connectivity index (χ3v) is 7.77. The maximum atomic E-state index is 12.6. The summed E-state index contributed by atoms with van der Waals surface area (Å²) in [5, 5.41) is 3.16. The summed E-state index contributed by atoms with van der Waals surface area (Å²) in [6, 6.07) is 18.5. The number of aromatic nitrogens is 2. The Labute approximate surface area is 203 Å². The predicted molar refractivity (Wildman–Crippen MR) is 134 cm³/mol. The fourth-order valence-electron chi connectivity index (χ4n) is 5.29. The number of carbonyl (C=O) groups is 1. The number of carbonyl (C=O) groups excluding carboxylic acids is 1. The van der Waals surface area contributed by atoms with Crippen molar-refractivity contribution in [1.29, 1.82) is 0 Å². The van der Waals surface area contributed by atoms with E-state index in [1.807, 2.05) is 50.2 Å². The zero-order valence-electron chi connectivity index (χ0n) is 19.1. The van der Waals surface area contributed by atoms with Crippen molar-refractivity contribution in [2.45, 2.75) is 38.6 Å². The van der Waals surface area contributed by atoms with E-state index < -0.39 is 0 Å². The van der Waals surface area contributed by atoms with Gasteiger partial charge in [-0.25, -0.2) is 9.97 Å². The molecule has 3 saturated heterocycles. The van der Waals surface area contributed by atoms with Gasteiger partial charge in [0.05, 0.1) is 5.69 Å². The molecule has 6 heteroatoms. The summed E-state index contributed by atoms with van der Waals surface area (Å²) in [5.41, 5.74) is 5.11. The number of amides is 1. The van der Waals surface area contributed by atoms with E-state index in [-0.39, 0.29) is 5.91 Å². The van der Waals surface area contributed by atoms with E-state index >= 15 is 0 Å². The van der Waals surface area contributed by atoms with Gasteiger partial charge in [-0.2, -0.15) is 0 Å². The first-order chi connectivity index (χ1) is 16.0. The van der Waals surface area contributed by atoms with Gasteiger partial charge in [0.25, 0.3) is 5.91 Å². The smallest absolute Gasteiger partial charge is 0.251 e. The molecule has 3 aromatic rings. The molecule has 4 heterocycles. The zero-order chi connectivity index (χ0) is 22.9. The van der Waals surface area contributed by atoms with Crippen LogP contribution in [-0.4, -0.2) is 46.5 Å². The molecule has 0 spiro atoms. The molecule has 3 aliphatic rings. The lowest BCUT2D eigenvalue weighted by Crippen LogP contribution is -2.56. The Balaban J connectivity index is 1.28. The Morgan fingerprint density at radius 3 is 2.64 bits per heavy atom. The van der Waals surface area contributed by atoms with Crippen LogP contribution in [0.5, 0.6) is 0 Å². The number of aryl methyl sites for hydroxylation is 2. The number of piperidine rings is 3. The van der Waals surface area contributed by atoms with Crippen molar-refractivity contribution in [3.05, 3.63) is 81.7 Å². The molecule has 0 radical (unpaired) electrons. The molecule has 4 atom stereocenters. The van der Waals surface area contributed by atoms with Crippen LogP contribution in [0.15, 0.2) is 59.1 Å². The second kappa shape index (κ2) is 9.35. The Kier molecular flexibility index (Phi) is 6.30. The van der Waals surface area contributed by atoms with Gasteiger partial charge in [-0.3, -0.25) is 9.69 Å². The first-order valence-electron chi connectivity index (χ1n) is 11.7. The van der Waals surface area contributed by atoms with Crippen LogP contribution in [0, 0.1) is 19.8 Å². The number of nitrogens with one attached hydrogen (secondary N) is 1. The van der Waals surface area contributed by atoms with Gasteiger partial charge in [0, 0.05) is 46.3 Å². The largest absolute Gasteiger partial charge is 0.350 e. The number of nitrogens with zero attached hydrogens (tertiary/aromatic N) is 3. The van der Waals surface area contributed by atoms with E-state index in [4.69, 9.17) is 9.97 Å². The minimum absolute atomic E-state index is 0.0127. The lowest BCUT2D eigenvalue weighted by atomic mass is 9.74. The molecule has 170 valence electrons. The quantitative estimate of drug-likeness (QED) is 0.523. The standard InChI is InChI=1S/C27H29BrN4O/c1-17-7-9-19(10-8-17)27(33)29-15-21-13-20-11-12-32(21)16-23(20)26-14-25(30-18(2)31-26)22-5-3-4-6-24(22)28/h3-10,14,20-21,23H,11-13,15-16H2,1-2H3,(H,29,33). The molecule has 2 bridgehead atoms. The highest BCUT2D eigenvalue weighted by Crippen LogP contribution is 2.42. The van der Waals surface area contributed by atoms with E-state index in [0.717, 1.165) is 57.9 Å². The predicted octanol–water partition coefficient (Wildman–Crippen LogP) is 5.13. The molecule has 5 nitrogen and oxygen atoms in total. The van der Waals surface area contributed by atoms with Gasteiger partial charge in [-0.15, -0.1) is 0 Å². The second-order valence-corrected chi connectivity index (χ2v) is 10.2. The van der Waals surface area contributed by atoms with E-state index in [1.165, 1.54) is 6.42 Å². The maximum Gasteiger partial charge on any atom is 0.251 e. The average Bonchev–Trinajstić information content (AvgIpc) is 2.83. The van der Waals surface area contributed by atoms with Crippen LogP contribution in [0.1, 0.15) is 46.2 Å². The summed E-state index contributed by atoms with van der Waals surface area (Å²) < 4.78 is 1.05. The number of benzene rings is 2. The first kappa shape index (κ1) is 22.2. The van der Waals surface area contributed by atoms with Crippen LogP contribution in [0.2, 0.25) is 0 Å². The highest BCUT2D eigenvalue weighted by Gasteiger charge is 2.41. The normalized spacial score (nSPS) is 24.0. The summed E-state index contributed by atoms with van der Waals surface area (Å²) in [6.07, 6.45) is 2.27. The van der Waals surface area contributed by atoms with Gasteiger partial charge in [-0.05, 0) is 63.4 Å². The molecule has 0 saturated carbocycles. The highest BCUT2D eigenvalue weighted by molar-refractivity contribution is 9.10. The lowest BCUT2D eigenvalue weighted by Gasteiger charge is -2.49. The number of fused-ring (bicyclic) bond motifs is 3. The van der Waals surface area contributed by atoms with E-state index in [9.17, 15) is 4.79 Å². The Bertz CT molecular complexity index is 1160. The first-order valence-corrected chi connectivity index (χ1v) is 12.5. The topological polar surface area (TPSA) is 58.1 Å². The minimum atomic E-state index is 0.0127. The molecule has 3 fully saturated rings. The van der Waals surface area contributed by atoms with Crippen LogP contribution in [0.4, 0.5) is 0 Å². The van der Waals surface area contributed by atoms with Crippen molar-refractivity contribution in [3.63, 3.8) is 0 Å². The molecular weight excluding hydrogens is 476 g/mol. The fourth-order valence-corrected chi connectivity index (χ4v) is 5.78. The third kappa shape index (κ3) is 4.73. The molecule has 1 amide bonds.